The average molecular weight is 269 g/mol. The summed E-state index contributed by atoms with van der Waals surface area (Å²) in [5, 5.41) is 11.8. The average Bonchev–Trinajstić information content (AvgIpc) is 2.37. The Morgan fingerprint density at radius 1 is 1.32 bits per heavy atom. The van der Waals surface area contributed by atoms with Gasteiger partial charge in [-0.3, -0.25) is 9.59 Å². The number of hydrogen-bond donors (Lipinski definition) is 2. The van der Waals surface area contributed by atoms with Crippen molar-refractivity contribution in [3.05, 3.63) is 12.2 Å². The summed E-state index contributed by atoms with van der Waals surface area (Å²) < 4.78 is 5.36. The normalized spacial score (nSPS) is 22.5. The molecular formula is C14H23NO4. The molecule has 1 amide bonds. The highest BCUT2D eigenvalue weighted by atomic mass is 16.5. The van der Waals surface area contributed by atoms with Crippen LogP contribution < -0.4 is 5.32 Å². The first-order valence-electron chi connectivity index (χ1n) is 6.75. The van der Waals surface area contributed by atoms with Gasteiger partial charge in [0.2, 0.25) is 5.91 Å². The third kappa shape index (κ3) is 5.42. The standard InChI is InChI=1S/C14H23NO4/c1-10(2)9-19-8-7-15-13(16)11-5-3-4-6-12(11)14(17)18/h3-4,10-12H,5-9H2,1-2H3,(H,15,16)(H,17,18)/t11-,12+/m1/s1. The second kappa shape index (κ2) is 7.94. The predicted octanol–water partition coefficient (Wildman–Crippen LogP) is 1.44. The zero-order valence-electron chi connectivity index (χ0n) is 11.6. The molecule has 1 aliphatic carbocycles. The Balaban J connectivity index is 2.31. The minimum atomic E-state index is -0.902. The molecule has 1 rings (SSSR count). The topological polar surface area (TPSA) is 75.6 Å². The van der Waals surface area contributed by atoms with Gasteiger partial charge in [0.05, 0.1) is 18.4 Å². The Bertz CT molecular complexity index is 338. The van der Waals surface area contributed by atoms with Gasteiger partial charge in [-0.2, -0.15) is 0 Å². The number of amides is 1. The van der Waals surface area contributed by atoms with Crippen molar-refractivity contribution in [2.45, 2.75) is 26.7 Å². The van der Waals surface area contributed by atoms with Crippen LogP contribution in [0.5, 0.6) is 0 Å². The summed E-state index contributed by atoms with van der Waals surface area (Å²) in [7, 11) is 0. The third-order valence-electron chi connectivity index (χ3n) is 3.08. The van der Waals surface area contributed by atoms with Crippen molar-refractivity contribution in [2.75, 3.05) is 19.8 Å². The number of rotatable bonds is 7. The Morgan fingerprint density at radius 2 is 1.95 bits per heavy atom. The van der Waals surface area contributed by atoms with Crippen LogP contribution in [0.1, 0.15) is 26.7 Å². The SMILES string of the molecule is CC(C)COCCNC(=O)[C@@H]1CC=CC[C@@H]1C(=O)O. The lowest BCUT2D eigenvalue weighted by Crippen LogP contribution is -2.40. The van der Waals surface area contributed by atoms with Crippen molar-refractivity contribution in [1.82, 2.24) is 5.32 Å². The number of nitrogens with one attached hydrogen (secondary N) is 1. The van der Waals surface area contributed by atoms with Gasteiger partial charge >= 0.3 is 5.97 Å². The van der Waals surface area contributed by atoms with Gasteiger partial charge in [-0.25, -0.2) is 0 Å². The molecule has 0 aliphatic heterocycles. The van der Waals surface area contributed by atoms with Crippen molar-refractivity contribution in [3.8, 4) is 0 Å². The fraction of sp³-hybridized carbons (Fsp3) is 0.714. The summed E-state index contributed by atoms with van der Waals surface area (Å²) in [5.41, 5.74) is 0. The molecule has 0 fully saturated rings. The van der Waals surface area contributed by atoms with Crippen LogP contribution in [-0.4, -0.2) is 36.7 Å². The third-order valence-corrected chi connectivity index (χ3v) is 3.08. The number of carboxylic acids is 1. The van der Waals surface area contributed by atoms with Crippen molar-refractivity contribution in [1.29, 1.82) is 0 Å². The zero-order valence-corrected chi connectivity index (χ0v) is 11.6. The fourth-order valence-electron chi connectivity index (χ4n) is 2.07. The summed E-state index contributed by atoms with van der Waals surface area (Å²) in [6, 6.07) is 0. The number of carboxylic acid groups (broad SMARTS) is 1. The number of ether oxygens (including phenoxy) is 1. The molecule has 0 aromatic heterocycles. The van der Waals surface area contributed by atoms with E-state index in [-0.39, 0.29) is 5.91 Å². The molecule has 0 saturated heterocycles. The molecule has 5 heteroatoms. The summed E-state index contributed by atoms with van der Waals surface area (Å²) in [4.78, 5) is 23.0. The van der Waals surface area contributed by atoms with E-state index in [1.165, 1.54) is 0 Å². The van der Waals surface area contributed by atoms with E-state index in [2.05, 4.69) is 19.2 Å². The first-order chi connectivity index (χ1) is 9.02. The Kier molecular flexibility index (Phi) is 6.56. The van der Waals surface area contributed by atoms with E-state index in [1.54, 1.807) is 0 Å². The van der Waals surface area contributed by atoms with Crippen molar-refractivity contribution >= 4 is 11.9 Å². The van der Waals surface area contributed by atoms with Crippen LogP contribution >= 0.6 is 0 Å². The molecule has 2 N–H and O–H groups in total. The quantitative estimate of drug-likeness (QED) is 0.541. The monoisotopic (exact) mass is 269 g/mol. The van der Waals surface area contributed by atoms with Gasteiger partial charge in [-0.15, -0.1) is 0 Å². The molecule has 2 atom stereocenters. The zero-order chi connectivity index (χ0) is 14.3. The second-order valence-corrected chi connectivity index (χ2v) is 5.25. The molecule has 0 unspecified atom stereocenters. The van der Waals surface area contributed by atoms with E-state index in [9.17, 15) is 9.59 Å². The van der Waals surface area contributed by atoms with Gasteiger partial charge in [-0.05, 0) is 18.8 Å². The first kappa shape index (κ1) is 15.7. The Hall–Kier alpha value is -1.36. The number of allylic oxidation sites excluding steroid dienone is 2. The highest BCUT2D eigenvalue weighted by Crippen LogP contribution is 2.25. The van der Waals surface area contributed by atoms with Gasteiger partial charge in [0.1, 0.15) is 0 Å². The van der Waals surface area contributed by atoms with Crippen molar-refractivity contribution < 1.29 is 19.4 Å². The maximum absolute atomic E-state index is 11.9. The molecule has 0 heterocycles. The molecular weight excluding hydrogens is 246 g/mol. The van der Waals surface area contributed by atoms with Gasteiger partial charge in [0.25, 0.3) is 0 Å². The van der Waals surface area contributed by atoms with Crippen LogP contribution in [0.25, 0.3) is 0 Å². The molecule has 0 aromatic carbocycles. The Labute approximate surface area is 114 Å². The molecule has 0 spiro atoms. The second-order valence-electron chi connectivity index (χ2n) is 5.25. The molecule has 19 heavy (non-hydrogen) atoms. The van der Waals surface area contributed by atoms with Gasteiger partial charge in [0, 0.05) is 13.2 Å². The number of hydrogen-bond acceptors (Lipinski definition) is 3. The lowest BCUT2D eigenvalue weighted by molar-refractivity contribution is -0.147. The highest BCUT2D eigenvalue weighted by Gasteiger charge is 2.33. The molecule has 5 nitrogen and oxygen atoms in total. The lowest BCUT2D eigenvalue weighted by atomic mass is 9.82. The van der Waals surface area contributed by atoms with Crippen molar-refractivity contribution in [2.24, 2.45) is 17.8 Å². The van der Waals surface area contributed by atoms with E-state index >= 15 is 0 Å². The molecule has 0 saturated carbocycles. The van der Waals surface area contributed by atoms with E-state index in [0.29, 0.717) is 38.5 Å². The molecule has 0 aromatic rings. The Morgan fingerprint density at radius 3 is 2.53 bits per heavy atom. The molecule has 0 radical (unpaired) electrons. The summed E-state index contributed by atoms with van der Waals surface area (Å²) in [5.74, 6) is -1.70. The fourth-order valence-corrected chi connectivity index (χ4v) is 2.07. The van der Waals surface area contributed by atoms with Crippen LogP contribution in [0, 0.1) is 17.8 Å². The minimum Gasteiger partial charge on any atom is -0.481 e. The summed E-state index contributed by atoms with van der Waals surface area (Å²) >= 11 is 0. The van der Waals surface area contributed by atoms with Crippen LogP contribution in [0.15, 0.2) is 12.2 Å². The first-order valence-corrected chi connectivity index (χ1v) is 6.75. The summed E-state index contributed by atoms with van der Waals surface area (Å²) in [6.45, 7) is 5.68. The maximum Gasteiger partial charge on any atom is 0.307 e. The van der Waals surface area contributed by atoms with Crippen LogP contribution in [0.4, 0.5) is 0 Å². The minimum absolute atomic E-state index is 0.190. The van der Waals surface area contributed by atoms with Gasteiger partial charge in [-0.1, -0.05) is 26.0 Å². The van der Waals surface area contributed by atoms with E-state index in [1.807, 2.05) is 12.2 Å². The lowest BCUT2D eigenvalue weighted by Gasteiger charge is -2.24. The highest BCUT2D eigenvalue weighted by molar-refractivity contribution is 5.85. The smallest absolute Gasteiger partial charge is 0.307 e. The van der Waals surface area contributed by atoms with Crippen LogP contribution in [-0.2, 0) is 14.3 Å². The maximum atomic E-state index is 11.9. The predicted molar refractivity (Wildman–Crippen MR) is 71.7 cm³/mol. The van der Waals surface area contributed by atoms with E-state index in [0.717, 1.165) is 0 Å². The number of carbonyl (C=O) groups is 2. The largest absolute Gasteiger partial charge is 0.481 e. The van der Waals surface area contributed by atoms with Crippen molar-refractivity contribution in [3.63, 3.8) is 0 Å². The molecule has 0 bridgehead atoms. The van der Waals surface area contributed by atoms with E-state index in [4.69, 9.17) is 9.84 Å². The van der Waals surface area contributed by atoms with Gasteiger partial charge < -0.3 is 15.2 Å². The summed E-state index contributed by atoms with van der Waals surface area (Å²) in [6.07, 6.45) is 4.63. The van der Waals surface area contributed by atoms with E-state index < -0.39 is 17.8 Å². The molecule has 1 aliphatic rings. The van der Waals surface area contributed by atoms with Crippen LogP contribution in [0.3, 0.4) is 0 Å². The number of carbonyl (C=O) groups excluding carboxylic acids is 1. The van der Waals surface area contributed by atoms with Crippen LogP contribution in [0.2, 0.25) is 0 Å². The van der Waals surface area contributed by atoms with Gasteiger partial charge in [0.15, 0.2) is 0 Å². The molecule has 108 valence electrons. The number of aliphatic carboxylic acids is 1.